The Balaban J connectivity index is 1.91. The highest BCUT2D eigenvalue weighted by molar-refractivity contribution is 5.33. The highest BCUT2D eigenvalue weighted by atomic mass is 19.1. The number of hydrogen-bond donors (Lipinski definition) is 0. The van der Waals surface area contributed by atoms with Crippen molar-refractivity contribution < 1.29 is 9.13 Å². The van der Waals surface area contributed by atoms with E-state index in [-0.39, 0.29) is 11.9 Å². The lowest BCUT2D eigenvalue weighted by atomic mass is 10.0. The number of benzene rings is 1. The molecule has 29 heavy (non-hydrogen) atoms. The fourth-order valence-electron chi connectivity index (χ4n) is 3.75. The number of halogens is 1. The third-order valence-electron chi connectivity index (χ3n) is 5.59. The van der Waals surface area contributed by atoms with E-state index in [0.717, 1.165) is 12.0 Å². The second kappa shape index (κ2) is 17.5. The molecule has 0 aromatic heterocycles. The van der Waals surface area contributed by atoms with Crippen LogP contribution in [0, 0.1) is 17.1 Å². The molecule has 164 valence electrons. The van der Waals surface area contributed by atoms with Crippen molar-refractivity contribution in [3.8, 4) is 6.07 Å². The summed E-state index contributed by atoms with van der Waals surface area (Å²) in [5, 5.41) is 8.90. The molecule has 0 aliphatic rings. The van der Waals surface area contributed by atoms with Gasteiger partial charge in [-0.25, -0.2) is 4.39 Å². The van der Waals surface area contributed by atoms with Crippen LogP contribution in [0.1, 0.15) is 121 Å². The van der Waals surface area contributed by atoms with Gasteiger partial charge in [0.15, 0.2) is 0 Å². The highest BCUT2D eigenvalue weighted by Gasteiger charge is 2.05. The molecule has 1 aromatic rings. The number of rotatable bonds is 18. The van der Waals surface area contributed by atoms with Crippen molar-refractivity contribution in [1.29, 1.82) is 5.26 Å². The minimum atomic E-state index is -0.373. The molecule has 0 N–H and O–H groups in total. The van der Waals surface area contributed by atoms with Gasteiger partial charge in [0.25, 0.3) is 0 Å². The summed E-state index contributed by atoms with van der Waals surface area (Å²) in [7, 11) is 0. The molecule has 0 amide bonds. The fraction of sp³-hybridized carbons (Fsp3) is 0.731. The molecule has 0 radical (unpaired) electrons. The summed E-state index contributed by atoms with van der Waals surface area (Å²) in [6, 6.07) is 6.37. The van der Waals surface area contributed by atoms with Gasteiger partial charge >= 0.3 is 0 Å². The van der Waals surface area contributed by atoms with Gasteiger partial charge < -0.3 is 4.74 Å². The van der Waals surface area contributed by atoms with Crippen molar-refractivity contribution in [3.63, 3.8) is 0 Å². The van der Waals surface area contributed by atoms with Crippen molar-refractivity contribution >= 4 is 0 Å². The van der Waals surface area contributed by atoms with Gasteiger partial charge in [-0.3, -0.25) is 0 Å². The second-order valence-electron chi connectivity index (χ2n) is 8.47. The van der Waals surface area contributed by atoms with Crippen molar-refractivity contribution in [3.05, 3.63) is 35.1 Å². The molecule has 0 heterocycles. The van der Waals surface area contributed by atoms with Crippen LogP contribution in [0.3, 0.4) is 0 Å². The molecule has 2 nitrogen and oxygen atoms in total. The summed E-state index contributed by atoms with van der Waals surface area (Å²) in [5.41, 5.74) is 1.08. The zero-order valence-electron chi connectivity index (χ0n) is 18.9. The Morgan fingerprint density at radius 3 is 1.86 bits per heavy atom. The zero-order chi connectivity index (χ0) is 21.2. The largest absolute Gasteiger partial charge is 0.374 e. The number of nitriles is 1. The van der Waals surface area contributed by atoms with Crippen LogP contribution in [0.5, 0.6) is 0 Å². The Morgan fingerprint density at radius 1 is 0.828 bits per heavy atom. The average molecular weight is 404 g/mol. The lowest BCUT2D eigenvalue weighted by Crippen LogP contribution is -2.08. The van der Waals surface area contributed by atoms with Gasteiger partial charge in [-0.05, 0) is 37.1 Å². The number of hydrogen-bond acceptors (Lipinski definition) is 2. The minimum absolute atomic E-state index is 0.168. The van der Waals surface area contributed by atoms with E-state index >= 15 is 0 Å². The van der Waals surface area contributed by atoms with Gasteiger partial charge in [0, 0.05) is 0 Å². The van der Waals surface area contributed by atoms with Gasteiger partial charge in [-0.15, -0.1) is 0 Å². The zero-order valence-corrected chi connectivity index (χ0v) is 18.9. The van der Waals surface area contributed by atoms with Crippen LogP contribution >= 0.6 is 0 Å². The van der Waals surface area contributed by atoms with Gasteiger partial charge in [0.05, 0.1) is 24.3 Å². The number of ether oxygens (including phenoxy) is 1. The average Bonchev–Trinajstić information content (AvgIpc) is 2.72. The third kappa shape index (κ3) is 14.3. The van der Waals surface area contributed by atoms with E-state index in [2.05, 4.69) is 13.8 Å². The molecule has 1 rings (SSSR count). The molecule has 0 aliphatic heterocycles. The summed E-state index contributed by atoms with van der Waals surface area (Å²) in [4.78, 5) is 0. The van der Waals surface area contributed by atoms with Crippen LogP contribution in [0.2, 0.25) is 0 Å². The molecule has 0 fully saturated rings. The maximum absolute atomic E-state index is 13.4. The van der Waals surface area contributed by atoms with Gasteiger partial charge in [-0.2, -0.15) is 5.26 Å². The smallest absolute Gasteiger partial charge is 0.124 e. The van der Waals surface area contributed by atoms with E-state index in [1.807, 2.05) is 6.07 Å². The van der Waals surface area contributed by atoms with E-state index in [1.165, 1.54) is 102 Å². The van der Waals surface area contributed by atoms with Crippen molar-refractivity contribution in [2.45, 2.75) is 123 Å². The molecule has 0 saturated heterocycles. The summed E-state index contributed by atoms with van der Waals surface area (Å²) in [6.45, 7) is 4.72. The van der Waals surface area contributed by atoms with E-state index in [9.17, 15) is 4.39 Å². The topological polar surface area (TPSA) is 33.0 Å². The molecule has 0 spiro atoms. The minimum Gasteiger partial charge on any atom is -0.374 e. The quantitative estimate of drug-likeness (QED) is 0.230. The van der Waals surface area contributed by atoms with Crippen LogP contribution in [0.25, 0.3) is 0 Å². The lowest BCUT2D eigenvalue weighted by molar-refractivity contribution is 0.0457. The van der Waals surface area contributed by atoms with Crippen LogP contribution in [0.4, 0.5) is 4.39 Å². The molecule has 0 bridgehead atoms. The first-order valence-electron chi connectivity index (χ1n) is 12.0. The lowest BCUT2D eigenvalue weighted by Gasteiger charge is -2.13. The maximum Gasteiger partial charge on any atom is 0.124 e. The Bertz CT molecular complexity index is 566. The van der Waals surface area contributed by atoms with Gasteiger partial charge in [0.1, 0.15) is 5.82 Å². The molecule has 1 atom stereocenters. The Labute approximate surface area is 178 Å². The number of nitrogens with zero attached hydrogens (tertiary/aromatic N) is 1. The van der Waals surface area contributed by atoms with E-state index in [4.69, 9.17) is 10.00 Å². The van der Waals surface area contributed by atoms with Crippen LogP contribution in [-0.2, 0) is 11.3 Å². The summed E-state index contributed by atoms with van der Waals surface area (Å²) in [5.74, 6) is -0.373. The molecule has 0 saturated carbocycles. The summed E-state index contributed by atoms with van der Waals surface area (Å²) >= 11 is 0. The Morgan fingerprint density at radius 2 is 1.34 bits per heavy atom. The third-order valence-corrected chi connectivity index (χ3v) is 5.59. The first-order valence-corrected chi connectivity index (χ1v) is 12.0. The standard InChI is InChI=1S/C26H42FNO/c1-3-4-5-6-7-8-9-10-11-12-13-14-15-16-17-23(2)29-22-25-18-24(21-28)19-26(27)20-25/h18-20,23H,3-17,22H2,1-2H3/t23-/m0/s1. The predicted molar refractivity (Wildman–Crippen MR) is 120 cm³/mol. The Hall–Kier alpha value is -1.40. The molecular weight excluding hydrogens is 361 g/mol. The molecule has 0 aliphatic carbocycles. The predicted octanol–water partition coefficient (Wildman–Crippen LogP) is 8.47. The van der Waals surface area contributed by atoms with E-state index < -0.39 is 0 Å². The monoisotopic (exact) mass is 403 g/mol. The maximum atomic E-state index is 13.4. The second-order valence-corrected chi connectivity index (χ2v) is 8.47. The number of unbranched alkanes of at least 4 members (excludes halogenated alkanes) is 13. The van der Waals surface area contributed by atoms with Gasteiger partial charge in [-0.1, -0.05) is 96.8 Å². The highest BCUT2D eigenvalue weighted by Crippen LogP contribution is 2.15. The first kappa shape index (κ1) is 25.6. The molecule has 0 unspecified atom stereocenters. The van der Waals surface area contributed by atoms with Gasteiger partial charge in [0.2, 0.25) is 0 Å². The molecular formula is C26H42FNO. The fourth-order valence-corrected chi connectivity index (χ4v) is 3.75. The van der Waals surface area contributed by atoms with Crippen LogP contribution < -0.4 is 0 Å². The first-order chi connectivity index (χ1) is 14.2. The van der Waals surface area contributed by atoms with Crippen LogP contribution in [-0.4, -0.2) is 6.10 Å². The molecule has 3 heteroatoms. The van der Waals surface area contributed by atoms with Crippen molar-refractivity contribution in [1.82, 2.24) is 0 Å². The van der Waals surface area contributed by atoms with Crippen molar-refractivity contribution in [2.75, 3.05) is 0 Å². The van der Waals surface area contributed by atoms with E-state index in [1.54, 1.807) is 6.07 Å². The summed E-state index contributed by atoms with van der Waals surface area (Å²) in [6.07, 6.45) is 20.4. The normalized spacial score (nSPS) is 12.1. The summed E-state index contributed by atoms with van der Waals surface area (Å²) < 4.78 is 19.2. The Kier molecular flexibility index (Phi) is 15.4. The van der Waals surface area contributed by atoms with E-state index in [0.29, 0.717) is 12.2 Å². The SMILES string of the molecule is CCCCCCCCCCCCCCCC[C@H](C)OCc1cc(F)cc(C#N)c1. The molecule has 1 aromatic carbocycles. The van der Waals surface area contributed by atoms with Crippen LogP contribution in [0.15, 0.2) is 18.2 Å². The van der Waals surface area contributed by atoms with Crippen molar-refractivity contribution in [2.24, 2.45) is 0 Å².